The fourth-order valence-corrected chi connectivity index (χ4v) is 3.16. The molecule has 6 heteroatoms. The predicted molar refractivity (Wildman–Crippen MR) is 125 cm³/mol. The van der Waals surface area contributed by atoms with Crippen molar-refractivity contribution in [2.45, 2.75) is 25.6 Å². The summed E-state index contributed by atoms with van der Waals surface area (Å²) in [6.45, 7) is 7.98. The van der Waals surface area contributed by atoms with Crippen LogP contribution in [-0.4, -0.2) is 72.5 Å². The molecule has 170 valence electrons. The van der Waals surface area contributed by atoms with Crippen LogP contribution in [0.25, 0.3) is 0 Å². The minimum absolute atomic E-state index is 0.375. The molecule has 0 radical (unpaired) electrons. The molecule has 0 aromatic heterocycles. The van der Waals surface area contributed by atoms with E-state index in [0.29, 0.717) is 12.2 Å². The number of benzene rings is 2. The van der Waals surface area contributed by atoms with Gasteiger partial charge >= 0.3 is 0 Å². The van der Waals surface area contributed by atoms with Crippen molar-refractivity contribution in [2.24, 2.45) is 0 Å². The highest BCUT2D eigenvalue weighted by Gasteiger charge is 2.25. The number of nitrogens with zero attached hydrogens (tertiary/aromatic N) is 1. The van der Waals surface area contributed by atoms with Crippen LogP contribution in [0.3, 0.4) is 0 Å². The summed E-state index contributed by atoms with van der Waals surface area (Å²) in [7, 11) is 3.43. The fraction of sp³-hybridized carbons (Fsp3) is 0.520. The van der Waals surface area contributed by atoms with Crippen LogP contribution >= 0.6 is 0 Å². The standard InChI is InChI=1S/C22H28N2O3.C3H8O/c1-25-11-10-24(14-22-16-27-22)20-8-4-18(5-9-20)12-17-2-6-19(7-3-17)23-13-21-15-26-21;1-3-4-2/h2-9,21-23H,10-16H2,1H3;3H2,1-2H3. The summed E-state index contributed by atoms with van der Waals surface area (Å²) in [5.41, 5.74) is 5.02. The lowest BCUT2D eigenvalue weighted by Gasteiger charge is -2.24. The molecule has 2 aliphatic heterocycles. The van der Waals surface area contributed by atoms with Gasteiger partial charge in [0.15, 0.2) is 0 Å². The number of ether oxygens (including phenoxy) is 4. The molecule has 2 aromatic carbocycles. The van der Waals surface area contributed by atoms with E-state index in [1.165, 1.54) is 16.8 Å². The quantitative estimate of drug-likeness (QED) is 0.522. The highest BCUT2D eigenvalue weighted by Crippen LogP contribution is 2.21. The number of epoxide rings is 2. The summed E-state index contributed by atoms with van der Waals surface area (Å²) in [5.74, 6) is 0. The van der Waals surface area contributed by atoms with E-state index >= 15 is 0 Å². The number of nitrogens with one attached hydrogen (secondary N) is 1. The van der Waals surface area contributed by atoms with Gasteiger partial charge in [0.2, 0.25) is 0 Å². The zero-order chi connectivity index (χ0) is 21.9. The van der Waals surface area contributed by atoms with Crippen molar-refractivity contribution in [3.63, 3.8) is 0 Å². The van der Waals surface area contributed by atoms with E-state index in [1.807, 2.05) is 6.92 Å². The molecule has 2 atom stereocenters. The SMILES string of the molecule is CCOC.COCCN(CC1CO1)c1ccc(Cc2ccc(NCC3CO3)cc2)cc1. The van der Waals surface area contributed by atoms with E-state index < -0.39 is 0 Å². The van der Waals surface area contributed by atoms with Crippen molar-refractivity contribution in [3.8, 4) is 0 Å². The molecule has 6 nitrogen and oxygen atoms in total. The van der Waals surface area contributed by atoms with Crippen LogP contribution in [0.1, 0.15) is 18.1 Å². The molecule has 2 fully saturated rings. The minimum atomic E-state index is 0.375. The van der Waals surface area contributed by atoms with Gasteiger partial charge < -0.3 is 29.2 Å². The summed E-state index contributed by atoms with van der Waals surface area (Å²) < 4.78 is 20.4. The predicted octanol–water partition coefficient (Wildman–Crippen LogP) is 3.59. The normalized spacial score (nSPS) is 18.7. The second-order valence-electron chi connectivity index (χ2n) is 7.85. The number of hydrogen-bond donors (Lipinski definition) is 1. The van der Waals surface area contributed by atoms with Crippen LogP contribution in [0.5, 0.6) is 0 Å². The van der Waals surface area contributed by atoms with E-state index in [-0.39, 0.29) is 0 Å². The maximum absolute atomic E-state index is 5.39. The maximum atomic E-state index is 5.39. The Labute approximate surface area is 186 Å². The third-order valence-electron chi connectivity index (χ3n) is 5.28. The van der Waals surface area contributed by atoms with E-state index in [0.717, 1.165) is 58.2 Å². The first-order valence-corrected chi connectivity index (χ1v) is 11.1. The molecule has 2 unspecified atom stereocenters. The second-order valence-corrected chi connectivity index (χ2v) is 7.85. The van der Waals surface area contributed by atoms with Crippen molar-refractivity contribution in [2.75, 3.05) is 70.5 Å². The zero-order valence-electron chi connectivity index (χ0n) is 19.0. The average molecular weight is 429 g/mol. The highest BCUT2D eigenvalue weighted by molar-refractivity contribution is 5.49. The number of methoxy groups -OCH3 is 2. The van der Waals surface area contributed by atoms with E-state index in [2.05, 4.69) is 63.5 Å². The molecule has 2 aromatic rings. The van der Waals surface area contributed by atoms with Crippen molar-refractivity contribution >= 4 is 11.4 Å². The number of anilines is 2. The van der Waals surface area contributed by atoms with Crippen LogP contribution in [0.15, 0.2) is 48.5 Å². The van der Waals surface area contributed by atoms with Gasteiger partial charge in [-0.3, -0.25) is 0 Å². The average Bonchev–Trinajstić information content (AvgIpc) is 3.73. The van der Waals surface area contributed by atoms with Crippen molar-refractivity contribution < 1.29 is 18.9 Å². The monoisotopic (exact) mass is 428 g/mol. The first-order valence-electron chi connectivity index (χ1n) is 11.1. The third kappa shape index (κ3) is 8.87. The van der Waals surface area contributed by atoms with Crippen LogP contribution in [0.2, 0.25) is 0 Å². The van der Waals surface area contributed by atoms with Crippen LogP contribution in [-0.2, 0) is 25.4 Å². The largest absolute Gasteiger partial charge is 0.385 e. The molecule has 31 heavy (non-hydrogen) atoms. The molecule has 4 rings (SSSR count). The smallest absolute Gasteiger partial charge is 0.0984 e. The van der Waals surface area contributed by atoms with Crippen molar-refractivity contribution in [1.29, 1.82) is 0 Å². The summed E-state index contributed by atoms with van der Waals surface area (Å²) in [4.78, 5) is 2.34. The molecule has 0 spiro atoms. The minimum Gasteiger partial charge on any atom is -0.385 e. The Kier molecular flexibility index (Phi) is 9.62. The molecule has 2 saturated heterocycles. The fourth-order valence-electron chi connectivity index (χ4n) is 3.16. The Hall–Kier alpha value is -2.12. The molecule has 0 aliphatic carbocycles. The molecule has 0 amide bonds. The van der Waals surface area contributed by atoms with Gasteiger partial charge in [-0.1, -0.05) is 24.3 Å². The Balaban J connectivity index is 0.000000628. The molecule has 0 bridgehead atoms. The lowest BCUT2D eigenvalue weighted by Crippen LogP contribution is -2.31. The Morgan fingerprint density at radius 2 is 1.48 bits per heavy atom. The molecule has 2 heterocycles. The molecular weight excluding hydrogens is 392 g/mol. The number of rotatable bonds is 12. The molecule has 1 N–H and O–H groups in total. The van der Waals surface area contributed by atoms with Gasteiger partial charge in [0, 0.05) is 51.8 Å². The third-order valence-corrected chi connectivity index (χ3v) is 5.28. The topological polar surface area (TPSA) is 58.8 Å². The summed E-state index contributed by atoms with van der Waals surface area (Å²) in [6.07, 6.45) is 1.72. The Morgan fingerprint density at radius 3 is 2.00 bits per heavy atom. The van der Waals surface area contributed by atoms with Gasteiger partial charge in [-0.25, -0.2) is 0 Å². The maximum Gasteiger partial charge on any atom is 0.0984 e. The first-order chi connectivity index (χ1) is 15.2. The van der Waals surface area contributed by atoms with Crippen LogP contribution < -0.4 is 10.2 Å². The van der Waals surface area contributed by atoms with Gasteiger partial charge in [-0.05, 0) is 48.7 Å². The summed E-state index contributed by atoms with van der Waals surface area (Å²) in [5, 5.41) is 3.40. The first kappa shape index (κ1) is 23.5. The second kappa shape index (κ2) is 12.7. The molecular formula is C25H36N2O4. The Morgan fingerprint density at radius 1 is 0.903 bits per heavy atom. The molecule has 2 aliphatic rings. The zero-order valence-corrected chi connectivity index (χ0v) is 19.0. The van der Waals surface area contributed by atoms with Crippen molar-refractivity contribution in [3.05, 3.63) is 59.7 Å². The van der Waals surface area contributed by atoms with E-state index in [4.69, 9.17) is 14.2 Å². The summed E-state index contributed by atoms with van der Waals surface area (Å²) >= 11 is 0. The van der Waals surface area contributed by atoms with Gasteiger partial charge in [0.05, 0.1) is 32.0 Å². The van der Waals surface area contributed by atoms with E-state index in [9.17, 15) is 0 Å². The number of hydrogen-bond acceptors (Lipinski definition) is 6. The Bertz CT molecular complexity index is 741. The van der Waals surface area contributed by atoms with Gasteiger partial charge in [0.25, 0.3) is 0 Å². The van der Waals surface area contributed by atoms with Crippen LogP contribution in [0, 0.1) is 0 Å². The summed E-state index contributed by atoms with van der Waals surface area (Å²) in [6, 6.07) is 17.5. The molecule has 0 saturated carbocycles. The lowest BCUT2D eigenvalue weighted by molar-refractivity contribution is 0.204. The van der Waals surface area contributed by atoms with Gasteiger partial charge in [-0.15, -0.1) is 0 Å². The van der Waals surface area contributed by atoms with Gasteiger partial charge in [0.1, 0.15) is 0 Å². The van der Waals surface area contributed by atoms with Crippen LogP contribution in [0.4, 0.5) is 11.4 Å². The van der Waals surface area contributed by atoms with E-state index in [1.54, 1.807) is 14.2 Å². The highest BCUT2D eigenvalue weighted by atomic mass is 16.6. The van der Waals surface area contributed by atoms with Crippen molar-refractivity contribution in [1.82, 2.24) is 0 Å². The van der Waals surface area contributed by atoms with Gasteiger partial charge in [-0.2, -0.15) is 0 Å². The lowest BCUT2D eigenvalue weighted by atomic mass is 10.0.